The van der Waals surface area contributed by atoms with E-state index in [4.69, 9.17) is 27.4 Å². The first-order valence-corrected chi connectivity index (χ1v) is 13.7. The van der Waals surface area contributed by atoms with Crippen molar-refractivity contribution in [3.8, 4) is 11.9 Å². The number of fused-ring (bicyclic) bond motifs is 1. The second-order valence-electron chi connectivity index (χ2n) is 10.6. The fourth-order valence-corrected chi connectivity index (χ4v) is 5.47. The van der Waals surface area contributed by atoms with Gasteiger partial charge in [-0.25, -0.2) is 0 Å². The van der Waals surface area contributed by atoms with Crippen LogP contribution < -0.4 is 15.2 Å². The number of hydrogen-bond donors (Lipinski definition) is 1. The molecule has 1 aromatic heterocycles. The Balaban J connectivity index is 1.36. The molecule has 3 aliphatic rings. The van der Waals surface area contributed by atoms with E-state index in [1.165, 1.54) is 7.11 Å². The van der Waals surface area contributed by atoms with Gasteiger partial charge in [-0.15, -0.1) is 0 Å². The number of nitrogens with zero attached hydrogens (tertiary/aromatic N) is 3. The molecule has 0 aromatic carbocycles. The molecule has 8 nitrogen and oxygen atoms in total. The summed E-state index contributed by atoms with van der Waals surface area (Å²) in [5.41, 5.74) is 8.37. The molecule has 2 heterocycles. The normalized spacial score (nSPS) is 24.4. The van der Waals surface area contributed by atoms with Crippen molar-refractivity contribution in [2.75, 3.05) is 32.6 Å². The van der Waals surface area contributed by atoms with Crippen molar-refractivity contribution in [2.45, 2.75) is 65.2 Å². The van der Waals surface area contributed by atoms with Gasteiger partial charge in [0, 0.05) is 0 Å². The van der Waals surface area contributed by atoms with Crippen LogP contribution in [-0.4, -0.2) is 60.8 Å². The van der Waals surface area contributed by atoms with E-state index in [0.717, 1.165) is 50.6 Å². The van der Waals surface area contributed by atoms with E-state index < -0.39 is 0 Å². The first kappa shape index (κ1) is 27.2. The van der Waals surface area contributed by atoms with Crippen molar-refractivity contribution >= 4 is 24.9 Å². The van der Waals surface area contributed by atoms with E-state index in [1.54, 1.807) is 0 Å². The molecule has 4 rings (SSSR count). The van der Waals surface area contributed by atoms with Crippen LogP contribution in [0.15, 0.2) is 23.9 Å². The summed E-state index contributed by atoms with van der Waals surface area (Å²) in [5.74, 6) is 2.70. The Labute approximate surface area is 221 Å². The Morgan fingerprint density at radius 2 is 2.08 bits per heavy atom. The molecule has 1 aliphatic heterocycles. The molecule has 0 bridgehead atoms. The van der Waals surface area contributed by atoms with Crippen LogP contribution in [-0.2, 0) is 9.53 Å². The zero-order chi connectivity index (χ0) is 26.4. The molecule has 0 saturated heterocycles. The zero-order valence-electron chi connectivity index (χ0n) is 22.4. The molecule has 9 heteroatoms. The minimum atomic E-state index is -0.0955. The van der Waals surface area contributed by atoms with Crippen LogP contribution in [0.1, 0.15) is 70.8 Å². The fourth-order valence-electron chi connectivity index (χ4n) is 5.47. The third-order valence-corrected chi connectivity index (χ3v) is 8.13. The molecule has 2 atom stereocenters. The van der Waals surface area contributed by atoms with Crippen LogP contribution >= 0.6 is 0 Å². The number of anilines is 1. The van der Waals surface area contributed by atoms with E-state index in [2.05, 4.69) is 42.0 Å². The summed E-state index contributed by atoms with van der Waals surface area (Å²) in [5, 5.41) is 0. The Hall–Kier alpha value is -2.84. The van der Waals surface area contributed by atoms with Gasteiger partial charge in [-0.1, -0.05) is 0 Å². The minimum absolute atomic E-state index is 0.0955. The number of carbonyl (C=O) groups excluding carboxylic acids is 1. The average molecular weight is 507 g/mol. The second-order valence-corrected chi connectivity index (χ2v) is 10.6. The van der Waals surface area contributed by atoms with Gasteiger partial charge in [-0.3, -0.25) is 4.79 Å². The van der Waals surface area contributed by atoms with Gasteiger partial charge in [0.15, 0.2) is 0 Å². The van der Waals surface area contributed by atoms with Gasteiger partial charge >= 0.3 is 205 Å². The first-order chi connectivity index (χ1) is 17.9. The van der Waals surface area contributed by atoms with Crippen LogP contribution in [0, 0.1) is 23.7 Å². The Morgan fingerprint density at radius 1 is 1.30 bits per heavy atom. The Morgan fingerprint density at radius 3 is 2.76 bits per heavy atom. The molecule has 1 radical (unpaired) electrons. The number of nitrogen functional groups attached to an aromatic ring is 1. The summed E-state index contributed by atoms with van der Waals surface area (Å²) in [6.07, 6.45) is 14.7. The molecular formula is C28H40BN4O4. The first-order valence-electron chi connectivity index (χ1n) is 13.7. The molecule has 1 fully saturated rings. The number of hydrogen-bond acceptors (Lipinski definition) is 8. The summed E-state index contributed by atoms with van der Waals surface area (Å²) < 4.78 is 16.5. The van der Waals surface area contributed by atoms with Crippen LogP contribution in [0.25, 0.3) is 0 Å². The molecule has 37 heavy (non-hydrogen) atoms. The van der Waals surface area contributed by atoms with Gasteiger partial charge in [-0.05, 0) is 0 Å². The van der Waals surface area contributed by atoms with E-state index in [9.17, 15) is 4.79 Å². The summed E-state index contributed by atoms with van der Waals surface area (Å²) in [7, 11) is 8.09. The SMILES string of the molecule is [B]=C1c2c(N)nc(OCCC(C)CC)nc2OCCN1C1=CCC(C2CCC(CC(=O)OC)CC2)C=C1. The molecule has 2 N–H and O–H groups in total. The third kappa shape index (κ3) is 6.73. The van der Waals surface area contributed by atoms with Gasteiger partial charge in [0.25, 0.3) is 0 Å². The number of esters is 1. The van der Waals surface area contributed by atoms with Gasteiger partial charge < -0.3 is 4.74 Å². The maximum atomic E-state index is 11.6. The van der Waals surface area contributed by atoms with Crippen LogP contribution in [0.5, 0.6) is 11.9 Å². The number of aromatic nitrogens is 2. The zero-order valence-corrected chi connectivity index (χ0v) is 22.4. The van der Waals surface area contributed by atoms with Crippen molar-refractivity contribution in [3.05, 3.63) is 29.5 Å². The molecule has 1 saturated carbocycles. The van der Waals surface area contributed by atoms with Gasteiger partial charge in [0.05, 0.1) is 7.11 Å². The van der Waals surface area contributed by atoms with E-state index >= 15 is 0 Å². The predicted molar refractivity (Wildman–Crippen MR) is 145 cm³/mol. The number of nitrogens with two attached hydrogens (primary N) is 1. The summed E-state index contributed by atoms with van der Waals surface area (Å²) in [6, 6.07) is 0.224. The van der Waals surface area contributed by atoms with Gasteiger partial charge in [0.1, 0.15) is 0 Å². The maximum absolute atomic E-state index is 11.6. The number of allylic oxidation sites excluding steroid dienone is 3. The number of ether oxygens (including phenoxy) is 3. The topological polar surface area (TPSA) is 99.8 Å². The van der Waals surface area contributed by atoms with Crippen LogP contribution in [0.4, 0.5) is 5.82 Å². The molecular weight excluding hydrogens is 467 g/mol. The van der Waals surface area contributed by atoms with E-state index in [-0.39, 0.29) is 17.8 Å². The molecule has 0 spiro atoms. The predicted octanol–water partition coefficient (Wildman–Crippen LogP) is 4.04. The van der Waals surface area contributed by atoms with Crippen LogP contribution in [0.2, 0.25) is 0 Å². The number of rotatable bonds is 9. The summed E-state index contributed by atoms with van der Waals surface area (Å²) in [6.45, 7) is 5.90. The fraction of sp³-hybridized carbons (Fsp3) is 0.643. The summed E-state index contributed by atoms with van der Waals surface area (Å²) >= 11 is 0. The molecule has 2 aliphatic carbocycles. The standard InChI is InChI=1S/C28H40BN4O4/c1-4-18(2)13-15-37-28-31-26(30)24-25(29)33(14-16-36-27(24)32-28)22-11-9-21(10-12-22)20-7-5-19(6-8-20)17-23(34)35-3/h9,11-12,18-21H,4-8,10,13-17H2,1-3H3,(H2,30,31,32). The molecule has 199 valence electrons. The molecule has 2 unspecified atom stereocenters. The average Bonchev–Trinajstić information content (AvgIpc) is 3.07. The summed E-state index contributed by atoms with van der Waals surface area (Å²) in [4.78, 5) is 22.5. The number of carbonyl (C=O) groups is 1. The molecule has 0 amide bonds. The number of methoxy groups -OCH3 is 1. The van der Waals surface area contributed by atoms with Crippen molar-refractivity contribution in [3.63, 3.8) is 0 Å². The second kappa shape index (κ2) is 12.6. The molecule has 1 aromatic rings. The van der Waals surface area contributed by atoms with E-state index in [0.29, 0.717) is 66.9 Å². The van der Waals surface area contributed by atoms with Gasteiger partial charge in [0.2, 0.25) is 0 Å². The Bertz CT molecular complexity index is 1040. The quantitative estimate of drug-likeness (QED) is 0.395. The Kier molecular flexibility index (Phi) is 9.27. The van der Waals surface area contributed by atoms with Crippen molar-refractivity contribution in [2.24, 2.45) is 23.7 Å². The van der Waals surface area contributed by atoms with Crippen molar-refractivity contribution < 1.29 is 19.0 Å². The van der Waals surface area contributed by atoms with Crippen molar-refractivity contribution in [1.82, 2.24) is 14.9 Å². The van der Waals surface area contributed by atoms with Gasteiger partial charge in [-0.2, -0.15) is 0 Å². The monoisotopic (exact) mass is 507 g/mol. The van der Waals surface area contributed by atoms with E-state index in [1.807, 2.05) is 4.90 Å². The third-order valence-electron chi connectivity index (χ3n) is 8.13. The van der Waals surface area contributed by atoms with Crippen molar-refractivity contribution in [1.29, 1.82) is 0 Å². The van der Waals surface area contributed by atoms with Crippen LogP contribution in [0.3, 0.4) is 0 Å².